The van der Waals surface area contributed by atoms with Crippen LogP contribution in [0.5, 0.6) is 0 Å². The average Bonchev–Trinajstić information content (AvgIpc) is 2.87. The zero-order chi connectivity index (χ0) is 17.7. The highest BCUT2D eigenvalue weighted by molar-refractivity contribution is 7.16. The van der Waals surface area contributed by atoms with E-state index in [0.717, 1.165) is 17.4 Å². The zero-order valence-corrected chi connectivity index (χ0v) is 13.6. The van der Waals surface area contributed by atoms with Crippen LogP contribution >= 0.6 is 22.9 Å². The molecule has 24 heavy (non-hydrogen) atoms. The molecule has 1 aromatic heterocycles. The Bertz CT molecular complexity index is 814. The molecule has 0 aliphatic heterocycles. The highest BCUT2D eigenvalue weighted by Crippen LogP contribution is 2.32. The molecule has 124 valence electrons. The van der Waals surface area contributed by atoms with Gasteiger partial charge in [0, 0.05) is 27.6 Å². The number of aromatic nitrogens is 1. The second-order valence-corrected chi connectivity index (χ2v) is 6.05. The normalized spacial score (nSPS) is 10.7. The number of nitrogens with zero attached hydrogens (tertiary/aromatic N) is 1. The van der Waals surface area contributed by atoms with Crippen molar-refractivity contribution in [2.75, 3.05) is 5.32 Å². The van der Waals surface area contributed by atoms with E-state index in [4.69, 9.17) is 21.8 Å². The summed E-state index contributed by atoms with van der Waals surface area (Å²) in [6.45, 7) is 0. The van der Waals surface area contributed by atoms with Crippen molar-refractivity contribution >= 4 is 45.9 Å². The Balaban J connectivity index is 2.31. The number of nitrogens with one attached hydrogen (secondary N) is 1. The minimum absolute atomic E-state index is 0.177. The van der Waals surface area contributed by atoms with Crippen molar-refractivity contribution in [3.63, 3.8) is 0 Å². The fraction of sp³-hybridized carbons (Fsp3) is 0.0667. The van der Waals surface area contributed by atoms with Gasteiger partial charge in [-0.25, -0.2) is 9.78 Å². The first-order chi connectivity index (χ1) is 11.3. The fourth-order valence-electron chi connectivity index (χ4n) is 1.79. The molecule has 7 nitrogen and oxygen atoms in total. The Kier molecular flexibility index (Phi) is 5.67. The molecule has 0 atom stereocenters. The molecule has 9 heteroatoms. The van der Waals surface area contributed by atoms with Crippen LogP contribution in [0.2, 0.25) is 5.02 Å². The van der Waals surface area contributed by atoms with Gasteiger partial charge in [0.25, 0.3) is 0 Å². The first kappa shape index (κ1) is 17.6. The third kappa shape index (κ3) is 4.90. The van der Waals surface area contributed by atoms with Gasteiger partial charge in [0.15, 0.2) is 5.13 Å². The van der Waals surface area contributed by atoms with E-state index in [9.17, 15) is 14.4 Å². The Morgan fingerprint density at radius 2 is 1.83 bits per heavy atom. The SMILES string of the molecule is O=C(O)/C=C\C(=O)Nc1nc(-c2ccc(Cl)cc2)c(CC(=O)O)s1. The summed E-state index contributed by atoms with van der Waals surface area (Å²) in [4.78, 5) is 37.7. The number of rotatable bonds is 6. The van der Waals surface area contributed by atoms with Crippen LogP contribution in [0, 0.1) is 0 Å². The Morgan fingerprint density at radius 3 is 2.42 bits per heavy atom. The topological polar surface area (TPSA) is 117 Å². The van der Waals surface area contributed by atoms with E-state index in [-0.39, 0.29) is 11.6 Å². The van der Waals surface area contributed by atoms with Crippen molar-refractivity contribution in [1.82, 2.24) is 4.98 Å². The molecule has 2 aromatic rings. The number of amides is 1. The van der Waals surface area contributed by atoms with Crippen molar-refractivity contribution in [2.24, 2.45) is 0 Å². The van der Waals surface area contributed by atoms with Crippen molar-refractivity contribution < 1.29 is 24.6 Å². The van der Waals surface area contributed by atoms with Crippen molar-refractivity contribution in [1.29, 1.82) is 0 Å². The average molecular weight is 367 g/mol. The molecule has 1 aromatic carbocycles. The number of aliphatic carboxylic acids is 2. The van der Waals surface area contributed by atoms with Crippen molar-refractivity contribution in [2.45, 2.75) is 6.42 Å². The number of anilines is 1. The third-order valence-electron chi connectivity index (χ3n) is 2.73. The second kappa shape index (κ2) is 7.71. The third-order valence-corrected chi connectivity index (χ3v) is 3.96. The molecule has 2 rings (SSSR count). The number of carbonyl (C=O) groups excluding carboxylic acids is 1. The molecule has 0 aliphatic rings. The van der Waals surface area contributed by atoms with E-state index in [1.54, 1.807) is 24.3 Å². The maximum absolute atomic E-state index is 11.6. The number of thiazole rings is 1. The van der Waals surface area contributed by atoms with Gasteiger partial charge in [-0.3, -0.25) is 14.9 Å². The highest BCUT2D eigenvalue weighted by Gasteiger charge is 2.16. The van der Waals surface area contributed by atoms with Gasteiger partial charge in [0.2, 0.25) is 5.91 Å². The van der Waals surface area contributed by atoms with E-state index in [1.807, 2.05) is 0 Å². The van der Waals surface area contributed by atoms with Crippen LogP contribution in [0.25, 0.3) is 11.3 Å². The van der Waals surface area contributed by atoms with Gasteiger partial charge in [-0.2, -0.15) is 0 Å². The van der Waals surface area contributed by atoms with Gasteiger partial charge < -0.3 is 10.2 Å². The lowest BCUT2D eigenvalue weighted by molar-refractivity contribution is -0.136. The highest BCUT2D eigenvalue weighted by atomic mass is 35.5. The number of hydrogen-bond acceptors (Lipinski definition) is 5. The first-order valence-electron chi connectivity index (χ1n) is 6.54. The quantitative estimate of drug-likeness (QED) is 0.677. The summed E-state index contributed by atoms with van der Waals surface area (Å²) in [5, 5.41) is 20.6. The number of carbonyl (C=O) groups is 3. The van der Waals surface area contributed by atoms with Crippen molar-refractivity contribution in [3.05, 3.63) is 46.3 Å². The number of benzene rings is 1. The summed E-state index contributed by atoms with van der Waals surface area (Å²) in [7, 11) is 0. The monoisotopic (exact) mass is 366 g/mol. The molecule has 0 radical (unpaired) electrons. The maximum atomic E-state index is 11.6. The second-order valence-electron chi connectivity index (χ2n) is 4.53. The smallest absolute Gasteiger partial charge is 0.328 e. The van der Waals surface area contributed by atoms with Gasteiger partial charge >= 0.3 is 11.9 Å². The standard InChI is InChI=1S/C15H11ClN2O5S/c16-9-3-1-8(2-4-9)14-10(7-13(22)23)24-15(18-14)17-11(19)5-6-12(20)21/h1-6H,7H2,(H,20,21)(H,22,23)(H,17,18,19)/b6-5-. The molecule has 0 aliphatic carbocycles. The van der Waals surface area contributed by atoms with Gasteiger partial charge in [0.05, 0.1) is 12.1 Å². The summed E-state index contributed by atoms with van der Waals surface area (Å²) in [6.07, 6.45) is 1.29. The number of carboxylic acid groups (broad SMARTS) is 2. The molecule has 0 saturated heterocycles. The van der Waals surface area contributed by atoms with Gasteiger partial charge in [-0.1, -0.05) is 23.7 Å². The van der Waals surface area contributed by atoms with Crippen LogP contribution in [-0.4, -0.2) is 33.0 Å². The summed E-state index contributed by atoms with van der Waals surface area (Å²) in [5.41, 5.74) is 1.09. The van der Waals surface area contributed by atoms with Crippen LogP contribution in [0.15, 0.2) is 36.4 Å². The number of hydrogen-bond donors (Lipinski definition) is 3. The van der Waals surface area contributed by atoms with Gasteiger partial charge in [0.1, 0.15) is 0 Å². The molecule has 1 heterocycles. The summed E-state index contributed by atoms with van der Waals surface area (Å²) >= 11 is 6.84. The largest absolute Gasteiger partial charge is 0.481 e. The number of halogens is 1. The van der Waals surface area contributed by atoms with E-state index >= 15 is 0 Å². The summed E-state index contributed by atoms with van der Waals surface area (Å²) in [6, 6.07) is 6.68. The molecule has 0 spiro atoms. The van der Waals surface area contributed by atoms with Gasteiger partial charge in [-0.05, 0) is 12.1 Å². The summed E-state index contributed by atoms with van der Waals surface area (Å²) < 4.78 is 0. The minimum atomic E-state index is -1.25. The lowest BCUT2D eigenvalue weighted by Gasteiger charge is -2.00. The van der Waals surface area contributed by atoms with Crippen LogP contribution in [0.4, 0.5) is 5.13 Å². The Hall–Kier alpha value is -2.71. The Morgan fingerprint density at radius 1 is 1.17 bits per heavy atom. The fourth-order valence-corrected chi connectivity index (χ4v) is 2.89. The van der Waals surface area contributed by atoms with E-state index in [2.05, 4.69) is 10.3 Å². The molecule has 3 N–H and O–H groups in total. The van der Waals surface area contributed by atoms with Gasteiger partial charge in [-0.15, -0.1) is 11.3 Å². The molecule has 0 bridgehead atoms. The minimum Gasteiger partial charge on any atom is -0.481 e. The summed E-state index contributed by atoms with van der Waals surface area (Å²) in [5.74, 6) is -2.95. The van der Waals surface area contributed by atoms with Crippen LogP contribution < -0.4 is 5.32 Å². The molecule has 1 amide bonds. The zero-order valence-electron chi connectivity index (χ0n) is 12.0. The predicted octanol–water partition coefficient (Wildman–Crippen LogP) is 2.67. The lowest BCUT2D eigenvalue weighted by Crippen LogP contribution is -2.08. The van der Waals surface area contributed by atoms with Crippen LogP contribution in [0.3, 0.4) is 0 Å². The van der Waals surface area contributed by atoms with E-state index < -0.39 is 17.8 Å². The molecular weight excluding hydrogens is 356 g/mol. The van der Waals surface area contributed by atoms with Crippen LogP contribution in [0.1, 0.15) is 4.88 Å². The lowest BCUT2D eigenvalue weighted by atomic mass is 10.1. The number of carboxylic acids is 2. The molecule has 0 fully saturated rings. The predicted molar refractivity (Wildman–Crippen MR) is 89.3 cm³/mol. The maximum Gasteiger partial charge on any atom is 0.328 e. The molecule has 0 unspecified atom stereocenters. The Labute approximate surface area is 145 Å². The van der Waals surface area contributed by atoms with E-state index in [1.165, 1.54) is 0 Å². The van der Waals surface area contributed by atoms with E-state index in [0.29, 0.717) is 27.2 Å². The molecule has 0 saturated carbocycles. The first-order valence-corrected chi connectivity index (χ1v) is 7.74. The van der Waals surface area contributed by atoms with Crippen molar-refractivity contribution in [3.8, 4) is 11.3 Å². The van der Waals surface area contributed by atoms with Crippen LogP contribution in [-0.2, 0) is 20.8 Å². The molecular formula is C15H11ClN2O5S.